The Kier molecular flexibility index (Phi) is 3.42. The summed E-state index contributed by atoms with van der Waals surface area (Å²) in [7, 11) is -1.84. The first-order chi connectivity index (χ1) is 8.46. The van der Waals surface area contributed by atoms with Crippen molar-refractivity contribution in [3.63, 3.8) is 0 Å². The standard InChI is InChI=1S/C16H20OSi/c1-18(2,3)16(17,14-10-6-4-7-11-14)15-12-8-5-9-13-15/h4-13,17H,1-3H3. The summed E-state index contributed by atoms with van der Waals surface area (Å²) in [5.74, 6) is 0. The molecule has 0 radical (unpaired) electrons. The molecule has 2 aromatic rings. The molecule has 2 heteroatoms. The maximum atomic E-state index is 11.4. The fourth-order valence-electron chi connectivity index (χ4n) is 2.39. The first-order valence-corrected chi connectivity index (χ1v) is 9.79. The summed E-state index contributed by atoms with van der Waals surface area (Å²) in [6.45, 7) is 6.60. The molecule has 1 nitrogen and oxygen atoms in total. The van der Waals surface area contributed by atoms with Gasteiger partial charge in [-0.05, 0) is 11.1 Å². The predicted molar refractivity (Wildman–Crippen MR) is 79.2 cm³/mol. The second kappa shape index (κ2) is 4.71. The zero-order chi connectivity index (χ0) is 13.2. The van der Waals surface area contributed by atoms with E-state index in [1.807, 2.05) is 60.7 Å². The van der Waals surface area contributed by atoms with Gasteiger partial charge in [0.25, 0.3) is 0 Å². The minimum atomic E-state index is -1.84. The molecule has 0 saturated carbocycles. The summed E-state index contributed by atoms with van der Waals surface area (Å²) in [5.41, 5.74) is 1.99. The first kappa shape index (κ1) is 13.1. The van der Waals surface area contributed by atoms with Crippen molar-refractivity contribution in [1.82, 2.24) is 0 Å². The van der Waals surface area contributed by atoms with Crippen LogP contribution in [0.1, 0.15) is 11.1 Å². The summed E-state index contributed by atoms with van der Waals surface area (Å²) in [5, 5.41) is 10.5. The van der Waals surface area contributed by atoms with Gasteiger partial charge in [0, 0.05) is 0 Å². The largest absolute Gasteiger partial charge is 0.384 e. The average Bonchev–Trinajstić information content (AvgIpc) is 2.38. The SMILES string of the molecule is C[Si](C)(C)C(O)(c1ccccc1)c1ccccc1. The Bertz CT molecular complexity index is 460. The third-order valence-electron chi connectivity index (χ3n) is 3.47. The first-order valence-electron chi connectivity index (χ1n) is 6.29. The zero-order valence-electron chi connectivity index (χ0n) is 11.2. The smallest absolute Gasteiger partial charge is 0.102 e. The van der Waals surface area contributed by atoms with E-state index in [1.165, 1.54) is 0 Å². The van der Waals surface area contributed by atoms with Crippen molar-refractivity contribution in [3.05, 3.63) is 71.8 Å². The van der Waals surface area contributed by atoms with Crippen LogP contribution in [0.3, 0.4) is 0 Å². The van der Waals surface area contributed by atoms with Crippen molar-refractivity contribution in [2.75, 3.05) is 0 Å². The number of hydrogen-bond acceptors (Lipinski definition) is 1. The van der Waals surface area contributed by atoms with Crippen molar-refractivity contribution >= 4 is 8.07 Å². The van der Waals surface area contributed by atoms with Crippen LogP contribution in [0.25, 0.3) is 0 Å². The molecule has 94 valence electrons. The van der Waals surface area contributed by atoms with E-state index < -0.39 is 13.3 Å². The highest BCUT2D eigenvalue weighted by molar-refractivity contribution is 6.79. The van der Waals surface area contributed by atoms with Crippen molar-refractivity contribution in [1.29, 1.82) is 0 Å². The number of benzene rings is 2. The Balaban J connectivity index is 2.63. The Labute approximate surface area is 110 Å². The van der Waals surface area contributed by atoms with E-state index in [0.717, 1.165) is 11.1 Å². The molecule has 0 spiro atoms. The summed E-state index contributed by atoms with van der Waals surface area (Å²) < 4.78 is 0. The fraction of sp³-hybridized carbons (Fsp3) is 0.250. The van der Waals surface area contributed by atoms with Gasteiger partial charge in [-0.2, -0.15) is 0 Å². The van der Waals surface area contributed by atoms with Crippen molar-refractivity contribution in [2.24, 2.45) is 0 Å². The second-order valence-corrected chi connectivity index (χ2v) is 10.9. The fourth-order valence-corrected chi connectivity index (χ4v) is 4.46. The van der Waals surface area contributed by atoms with E-state index >= 15 is 0 Å². The Morgan fingerprint density at radius 1 is 0.722 bits per heavy atom. The van der Waals surface area contributed by atoms with E-state index in [9.17, 15) is 5.11 Å². The molecule has 18 heavy (non-hydrogen) atoms. The lowest BCUT2D eigenvalue weighted by atomic mass is 10.0. The Morgan fingerprint density at radius 2 is 1.06 bits per heavy atom. The summed E-state index contributed by atoms with van der Waals surface area (Å²) in [6.07, 6.45) is 0. The predicted octanol–water partition coefficient (Wildman–Crippen LogP) is 3.80. The van der Waals surface area contributed by atoms with Gasteiger partial charge >= 0.3 is 0 Å². The van der Waals surface area contributed by atoms with Crippen LogP contribution in [0.5, 0.6) is 0 Å². The highest BCUT2D eigenvalue weighted by Crippen LogP contribution is 2.37. The summed E-state index contributed by atoms with van der Waals surface area (Å²) in [6, 6.07) is 20.0. The molecule has 0 aliphatic carbocycles. The molecule has 2 rings (SSSR count). The molecule has 0 bridgehead atoms. The maximum Gasteiger partial charge on any atom is 0.102 e. The van der Waals surface area contributed by atoms with Crippen molar-refractivity contribution < 1.29 is 5.11 Å². The topological polar surface area (TPSA) is 20.2 Å². The Hall–Kier alpha value is -1.38. The van der Waals surface area contributed by atoms with Crippen LogP contribution < -0.4 is 0 Å². The molecule has 1 N–H and O–H groups in total. The quantitative estimate of drug-likeness (QED) is 0.828. The van der Waals surface area contributed by atoms with Gasteiger partial charge in [0.1, 0.15) is 5.22 Å². The molecule has 2 aromatic carbocycles. The van der Waals surface area contributed by atoms with Crippen LogP contribution in [0.15, 0.2) is 60.7 Å². The van der Waals surface area contributed by atoms with Crippen LogP contribution in [0.4, 0.5) is 0 Å². The Morgan fingerprint density at radius 3 is 1.33 bits per heavy atom. The third-order valence-corrected chi connectivity index (χ3v) is 6.22. The van der Waals surface area contributed by atoms with E-state index in [0.29, 0.717) is 0 Å². The highest BCUT2D eigenvalue weighted by Gasteiger charge is 2.44. The highest BCUT2D eigenvalue weighted by atomic mass is 28.3. The van der Waals surface area contributed by atoms with Crippen LogP contribution in [0.2, 0.25) is 19.6 Å². The lowest BCUT2D eigenvalue weighted by molar-refractivity contribution is 0.159. The van der Waals surface area contributed by atoms with Gasteiger partial charge in [-0.3, -0.25) is 0 Å². The van der Waals surface area contributed by atoms with Gasteiger partial charge in [-0.25, -0.2) is 0 Å². The van der Waals surface area contributed by atoms with Crippen molar-refractivity contribution in [2.45, 2.75) is 24.9 Å². The van der Waals surface area contributed by atoms with Crippen LogP contribution in [-0.2, 0) is 5.22 Å². The molecule has 0 fully saturated rings. The van der Waals surface area contributed by atoms with Gasteiger partial charge in [-0.15, -0.1) is 0 Å². The molecule has 0 unspecified atom stereocenters. The van der Waals surface area contributed by atoms with Gasteiger partial charge in [0.15, 0.2) is 0 Å². The average molecular weight is 256 g/mol. The molecule has 0 amide bonds. The molecule has 0 aromatic heterocycles. The molecule has 0 heterocycles. The van der Waals surface area contributed by atoms with Crippen LogP contribution >= 0.6 is 0 Å². The minimum absolute atomic E-state index is 0.838. The molecular formula is C16H20OSi. The maximum absolute atomic E-state index is 11.4. The van der Waals surface area contributed by atoms with E-state index in [4.69, 9.17) is 0 Å². The van der Waals surface area contributed by atoms with E-state index in [1.54, 1.807) is 0 Å². The number of hydrogen-bond donors (Lipinski definition) is 1. The second-order valence-electron chi connectivity index (χ2n) is 5.69. The van der Waals surface area contributed by atoms with Gasteiger partial charge in [-0.1, -0.05) is 80.3 Å². The normalized spacial score (nSPS) is 12.4. The van der Waals surface area contributed by atoms with Crippen LogP contribution in [0, 0.1) is 0 Å². The van der Waals surface area contributed by atoms with Gasteiger partial charge in [0.2, 0.25) is 0 Å². The molecule has 0 aliphatic heterocycles. The summed E-state index contributed by atoms with van der Waals surface area (Å²) >= 11 is 0. The number of aliphatic hydroxyl groups is 1. The molecular weight excluding hydrogens is 236 g/mol. The van der Waals surface area contributed by atoms with Gasteiger partial charge < -0.3 is 5.11 Å². The van der Waals surface area contributed by atoms with Gasteiger partial charge in [0.05, 0.1) is 8.07 Å². The lowest BCUT2D eigenvalue weighted by Gasteiger charge is -2.40. The summed E-state index contributed by atoms with van der Waals surface area (Å²) in [4.78, 5) is 0. The van der Waals surface area contributed by atoms with Crippen LogP contribution in [-0.4, -0.2) is 13.2 Å². The van der Waals surface area contributed by atoms with Crippen molar-refractivity contribution in [3.8, 4) is 0 Å². The monoisotopic (exact) mass is 256 g/mol. The molecule has 0 atom stereocenters. The van der Waals surface area contributed by atoms with E-state index in [2.05, 4.69) is 19.6 Å². The minimum Gasteiger partial charge on any atom is -0.384 e. The number of rotatable bonds is 3. The third kappa shape index (κ3) is 2.14. The zero-order valence-corrected chi connectivity index (χ0v) is 12.2. The molecule has 0 saturated heterocycles. The lowest BCUT2D eigenvalue weighted by Crippen LogP contribution is -2.50. The van der Waals surface area contributed by atoms with E-state index in [-0.39, 0.29) is 0 Å². The molecule has 0 aliphatic rings.